The van der Waals surface area contributed by atoms with Gasteiger partial charge in [-0.05, 0) is 18.4 Å². The zero-order valence-electron chi connectivity index (χ0n) is 13.6. The molecule has 0 spiro atoms. The fourth-order valence-electron chi connectivity index (χ4n) is 3.46. The molecule has 4 nitrogen and oxygen atoms in total. The molecule has 3 rings (SSSR count). The van der Waals surface area contributed by atoms with Gasteiger partial charge in [0.2, 0.25) is 11.8 Å². The van der Waals surface area contributed by atoms with Crippen LogP contribution in [0.1, 0.15) is 37.0 Å². The molecule has 0 unspecified atom stereocenters. The van der Waals surface area contributed by atoms with E-state index in [4.69, 9.17) is 0 Å². The summed E-state index contributed by atoms with van der Waals surface area (Å²) in [5.41, 5.74) is 1.28. The molecule has 23 heavy (non-hydrogen) atoms. The third-order valence-electron chi connectivity index (χ3n) is 4.71. The van der Waals surface area contributed by atoms with Crippen LogP contribution in [0.25, 0.3) is 0 Å². The fraction of sp³-hybridized carbons (Fsp3) is 0.556. The van der Waals surface area contributed by atoms with Gasteiger partial charge in [-0.1, -0.05) is 37.3 Å². The molecule has 2 atom stereocenters. The highest BCUT2D eigenvalue weighted by atomic mass is 32.2. The van der Waals surface area contributed by atoms with Crippen molar-refractivity contribution >= 4 is 23.6 Å². The zero-order chi connectivity index (χ0) is 16.2. The first-order valence-electron chi connectivity index (χ1n) is 8.45. The minimum atomic E-state index is -0.274. The third kappa shape index (κ3) is 3.55. The van der Waals surface area contributed by atoms with Gasteiger partial charge in [-0.2, -0.15) is 11.8 Å². The Kier molecular flexibility index (Phi) is 5.26. The fourth-order valence-corrected chi connectivity index (χ4v) is 4.70. The lowest BCUT2D eigenvalue weighted by atomic mass is 10.1. The van der Waals surface area contributed by atoms with E-state index in [0.29, 0.717) is 18.1 Å². The van der Waals surface area contributed by atoms with Crippen molar-refractivity contribution in [2.45, 2.75) is 37.5 Å². The van der Waals surface area contributed by atoms with Crippen LogP contribution in [-0.2, 0) is 9.59 Å². The number of thioether (sulfide) groups is 1. The number of hydrogen-bond acceptors (Lipinski definition) is 3. The first-order chi connectivity index (χ1) is 11.2. The molecule has 2 heterocycles. The van der Waals surface area contributed by atoms with Crippen LogP contribution in [0.4, 0.5) is 0 Å². The number of carbonyl (C=O) groups is 2. The van der Waals surface area contributed by atoms with E-state index in [2.05, 4.69) is 24.3 Å². The quantitative estimate of drug-likeness (QED) is 0.851. The van der Waals surface area contributed by atoms with Crippen molar-refractivity contribution in [2.75, 3.05) is 25.4 Å². The second-order valence-electron chi connectivity index (χ2n) is 6.17. The van der Waals surface area contributed by atoms with E-state index in [1.807, 2.05) is 29.7 Å². The Bertz CT molecular complexity index is 563. The normalized spacial score (nSPS) is 23.2. The highest BCUT2D eigenvalue weighted by Gasteiger charge is 2.35. The van der Waals surface area contributed by atoms with Crippen molar-refractivity contribution in [2.24, 2.45) is 0 Å². The van der Waals surface area contributed by atoms with Gasteiger partial charge < -0.3 is 9.80 Å². The van der Waals surface area contributed by atoms with E-state index in [9.17, 15) is 9.59 Å². The van der Waals surface area contributed by atoms with E-state index >= 15 is 0 Å². The molecule has 2 amide bonds. The second-order valence-corrected chi connectivity index (χ2v) is 7.48. The van der Waals surface area contributed by atoms with Crippen molar-refractivity contribution in [3.8, 4) is 0 Å². The van der Waals surface area contributed by atoms with Crippen LogP contribution in [0.3, 0.4) is 0 Å². The molecule has 2 aliphatic rings. The lowest BCUT2D eigenvalue weighted by Crippen LogP contribution is -2.51. The summed E-state index contributed by atoms with van der Waals surface area (Å²) in [5.74, 6) is 1.22. The molecule has 0 bridgehead atoms. The van der Waals surface area contributed by atoms with Crippen LogP contribution < -0.4 is 0 Å². The Morgan fingerprint density at radius 3 is 2.74 bits per heavy atom. The van der Waals surface area contributed by atoms with Crippen LogP contribution in [-0.4, -0.2) is 53.0 Å². The predicted molar refractivity (Wildman–Crippen MR) is 93.2 cm³/mol. The summed E-state index contributed by atoms with van der Waals surface area (Å²) >= 11 is 1.92. The minimum Gasteiger partial charge on any atom is -0.339 e. The molecule has 2 aliphatic heterocycles. The molecule has 5 heteroatoms. The Morgan fingerprint density at radius 2 is 2.09 bits per heavy atom. The van der Waals surface area contributed by atoms with Gasteiger partial charge in [-0.25, -0.2) is 0 Å². The first-order valence-corrected chi connectivity index (χ1v) is 9.50. The Balaban J connectivity index is 1.70. The van der Waals surface area contributed by atoms with Gasteiger partial charge in [0.25, 0.3) is 0 Å². The highest BCUT2D eigenvalue weighted by molar-refractivity contribution is 7.99. The van der Waals surface area contributed by atoms with E-state index in [0.717, 1.165) is 31.8 Å². The lowest BCUT2D eigenvalue weighted by molar-refractivity contribution is -0.143. The molecular formula is C18H24N2O2S. The van der Waals surface area contributed by atoms with Gasteiger partial charge in [-0.3, -0.25) is 9.59 Å². The average molecular weight is 332 g/mol. The van der Waals surface area contributed by atoms with Crippen molar-refractivity contribution in [1.29, 1.82) is 0 Å². The van der Waals surface area contributed by atoms with E-state index in [1.54, 1.807) is 4.90 Å². The SMILES string of the molecule is CC[C@H](C(=O)N1CCS[C@H](c2ccccc2)C1)N1CCCC1=O. The molecule has 2 fully saturated rings. The molecular weight excluding hydrogens is 308 g/mol. The first kappa shape index (κ1) is 16.4. The molecule has 0 aromatic heterocycles. The summed E-state index contributed by atoms with van der Waals surface area (Å²) in [4.78, 5) is 28.7. The Hall–Kier alpha value is -1.49. The van der Waals surface area contributed by atoms with E-state index < -0.39 is 0 Å². The van der Waals surface area contributed by atoms with Crippen LogP contribution >= 0.6 is 11.8 Å². The summed E-state index contributed by atoms with van der Waals surface area (Å²) in [6, 6.07) is 10.1. The number of amides is 2. The number of nitrogens with zero attached hydrogens (tertiary/aromatic N) is 2. The van der Waals surface area contributed by atoms with Crippen LogP contribution in [0, 0.1) is 0 Å². The summed E-state index contributed by atoms with van der Waals surface area (Å²) in [7, 11) is 0. The average Bonchev–Trinajstić information content (AvgIpc) is 3.02. The minimum absolute atomic E-state index is 0.129. The van der Waals surface area contributed by atoms with Gasteiger partial charge in [-0.15, -0.1) is 0 Å². The van der Waals surface area contributed by atoms with Crippen molar-refractivity contribution in [3.05, 3.63) is 35.9 Å². The molecule has 0 N–H and O–H groups in total. The number of hydrogen-bond donors (Lipinski definition) is 0. The number of likely N-dealkylation sites (tertiary alicyclic amines) is 1. The molecule has 1 aromatic rings. The molecule has 2 saturated heterocycles. The van der Waals surface area contributed by atoms with Crippen molar-refractivity contribution in [3.63, 3.8) is 0 Å². The van der Waals surface area contributed by atoms with Gasteiger partial charge in [0.1, 0.15) is 6.04 Å². The maximum atomic E-state index is 13.0. The molecule has 124 valence electrons. The van der Waals surface area contributed by atoms with Crippen molar-refractivity contribution < 1.29 is 9.59 Å². The van der Waals surface area contributed by atoms with Crippen LogP contribution in [0.5, 0.6) is 0 Å². The van der Waals surface area contributed by atoms with Crippen LogP contribution in [0.2, 0.25) is 0 Å². The second kappa shape index (κ2) is 7.39. The third-order valence-corrected chi connectivity index (χ3v) is 5.95. The lowest BCUT2D eigenvalue weighted by Gasteiger charge is -2.37. The van der Waals surface area contributed by atoms with E-state index in [-0.39, 0.29) is 17.9 Å². The molecule has 0 aliphatic carbocycles. The predicted octanol–water partition coefficient (Wildman–Crippen LogP) is 2.70. The molecule has 0 saturated carbocycles. The van der Waals surface area contributed by atoms with Crippen molar-refractivity contribution in [1.82, 2.24) is 9.80 Å². The maximum Gasteiger partial charge on any atom is 0.245 e. The van der Waals surface area contributed by atoms with Gasteiger partial charge in [0, 0.05) is 37.1 Å². The maximum absolute atomic E-state index is 13.0. The number of benzene rings is 1. The monoisotopic (exact) mass is 332 g/mol. The van der Waals surface area contributed by atoms with E-state index in [1.165, 1.54) is 5.56 Å². The zero-order valence-corrected chi connectivity index (χ0v) is 14.4. The highest BCUT2D eigenvalue weighted by Crippen LogP contribution is 2.33. The largest absolute Gasteiger partial charge is 0.339 e. The Labute approximate surface area is 142 Å². The summed E-state index contributed by atoms with van der Waals surface area (Å²) < 4.78 is 0. The standard InChI is InChI=1S/C18H24N2O2S/c1-2-15(20-10-6-9-17(20)21)18(22)19-11-12-23-16(13-19)14-7-4-3-5-8-14/h3-5,7-8,15-16H,2,6,9-13H2,1H3/t15-,16+/m1/s1. The molecule has 0 radical (unpaired) electrons. The number of rotatable bonds is 4. The number of carbonyl (C=O) groups excluding carboxylic acids is 2. The van der Waals surface area contributed by atoms with Gasteiger partial charge in [0.15, 0.2) is 0 Å². The molecule has 1 aromatic carbocycles. The van der Waals surface area contributed by atoms with Gasteiger partial charge >= 0.3 is 0 Å². The summed E-state index contributed by atoms with van der Waals surface area (Å²) in [6.07, 6.45) is 2.17. The summed E-state index contributed by atoms with van der Waals surface area (Å²) in [5, 5.41) is 0.334. The summed E-state index contributed by atoms with van der Waals surface area (Å²) in [6.45, 7) is 4.26. The van der Waals surface area contributed by atoms with Gasteiger partial charge in [0.05, 0.1) is 0 Å². The Morgan fingerprint density at radius 1 is 1.30 bits per heavy atom. The van der Waals surface area contributed by atoms with Crippen LogP contribution in [0.15, 0.2) is 30.3 Å². The smallest absolute Gasteiger partial charge is 0.245 e. The topological polar surface area (TPSA) is 40.6 Å².